The molecule has 0 aliphatic heterocycles. The number of nitrogens with one attached hydrogen (secondary N) is 1. The summed E-state index contributed by atoms with van der Waals surface area (Å²) >= 11 is 0. The quantitative estimate of drug-likeness (QED) is 0.771. The van der Waals surface area contributed by atoms with Gasteiger partial charge < -0.3 is 14.8 Å². The average molecular weight is 310 g/mol. The molecule has 6 heteroatoms. The normalized spacial score (nSPS) is 10.7. The fourth-order valence-corrected chi connectivity index (χ4v) is 2.43. The van der Waals surface area contributed by atoms with Gasteiger partial charge in [-0.25, -0.2) is 9.78 Å². The number of hydrogen-bond donors (Lipinski definition) is 2. The van der Waals surface area contributed by atoms with Gasteiger partial charge in [0.25, 0.3) is 5.56 Å². The van der Waals surface area contributed by atoms with Crippen molar-refractivity contribution in [2.24, 2.45) is 0 Å². The number of carboxylic acid groups (broad SMARTS) is 1. The summed E-state index contributed by atoms with van der Waals surface area (Å²) in [5, 5.41) is 9.42. The molecule has 0 spiro atoms. The van der Waals surface area contributed by atoms with Gasteiger partial charge in [-0.15, -0.1) is 0 Å². The molecular formula is C17H14N2O4. The van der Waals surface area contributed by atoms with Crippen LogP contribution in [0.2, 0.25) is 0 Å². The molecule has 0 aliphatic carbocycles. The second-order valence-corrected chi connectivity index (χ2v) is 5.04. The predicted octanol–water partition coefficient (Wildman–Crippen LogP) is 2.22. The fourth-order valence-electron chi connectivity index (χ4n) is 2.43. The fraction of sp³-hybridized carbons (Fsp3) is 0.118. The van der Waals surface area contributed by atoms with Gasteiger partial charge in [0.05, 0.1) is 23.6 Å². The highest BCUT2D eigenvalue weighted by atomic mass is 16.5. The monoisotopic (exact) mass is 310 g/mol. The summed E-state index contributed by atoms with van der Waals surface area (Å²) in [6, 6.07) is 11.7. The van der Waals surface area contributed by atoms with Crippen LogP contribution in [0, 0.1) is 0 Å². The minimum atomic E-state index is -1.06. The number of H-pyrrole nitrogens is 1. The smallest absolute Gasteiger partial charge is 0.335 e. The Bertz CT molecular complexity index is 947. The number of carboxylic acids is 1. The topological polar surface area (TPSA) is 92.3 Å². The summed E-state index contributed by atoms with van der Waals surface area (Å²) in [5.41, 5.74) is 1.04. The lowest BCUT2D eigenvalue weighted by Crippen LogP contribution is -2.13. The zero-order valence-electron chi connectivity index (χ0n) is 12.4. The Morgan fingerprint density at radius 1 is 1.26 bits per heavy atom. The van der Waals surface area contributed by atoms with Crippen molar-refractivity contribution in [3.63, 3.8) is 0 Å². The van der Waals surface area contributed by atoms with Crippen LogP contribution in [-0.2, 0) is 6.42 Å². The molecular weight excluding hydrogens is 296 g/mol. The van der Waals surface area contributed by atoms with Crippen LogP contribution in [0.15, 0.2) is 47.3 Å². The predicted molar refractivity (Wildman–Crippen MR) is 85.1 cm³/mol. The van der Waals surface area contributed by atoms with E-state index >= 15 is 0 Å². The molecule has 3 aromatic rings. The summed E-state index contributed by atoms with van der Waals surface area (Å²) in [6.45, 7) is 0. The second-order valence-electron chi connectivity index (χ2n) is 5.04. The lowest BCUT2D eigenvalue weighted by atomic mass is 10.1. The lowest BCUT2D eigenvalue weighted by Gasteiger charge is -2.08. The number of hydrogen-bond acceptors (Lipinski definition) is 4. The largest absolute Gasteiger partial charge is 0.496 e. The summed E-state index contributed by atoms with van der Waals surface area (Å²) in [4.78, 5) is 30.3. The van der Waals surface area contributed by atoms with Crippen molar-refractivity contribution < 1.29 is 14.6 Å². The van der Waals surface area contributed by atoms with Crippen LogP contribution in [0.3, 0.4) is 0 Å². The number of aromatic carboxylic acids is 1. The highest BCUT2D eigenvalue weighted by molar-refractivity contribution is 5.92. The van der Waals surface area contributed by atoms with Crippen LogP contribution < -0.4 is 10.3 Å². The molecule has 0 aliphatic rings. The van der Waals surface area contributed by atoms with E-state index in [1.165, 1.54) is 18.2 Å². The van der Waals surface area contributed by atoms with Crippen molar-refractivity contribution >= 4 is 16.9 Å². The van der Waals surface area contributed by atoms with Gasteiger partial charge in [-0.3, -0.25) is 4.79 Å². The Hall–Kier alpha value is -3.15. The zero-order valence-corrected chi connectivity index (χ0v) is 12.4. The van der Waals surface area contributed by atoms with Crippen LogP contribution in [-0.4, -0.2) is 28.2 Å². The van der Waals surface area contributed by atoms with Gasteiger partial charge in [0.1, 0.15) is 11.6 Å². The standard InChI is InChI=1S/C17H14N2O4/c1-23-14-5-3-2-4-10(14)9-15-18-13-8-11(17(21)22)6-7-12(13)16(20)19-15/h2-8H,9H2,1H3,(H,21,22)(H,18,19,20). The minimum Gasteiger partial charge on any atom is -0.496 e. The summed E-state index contributed by atoms with van der Waals surface area (Å²) < 4.78 is 5.29. The Morgan fingerprint density at radius 2 is 2.04 bits per heavy atom. The molecule has 23 heavy (non-hydrogen) atoms. The molecule has 0 fully saturated rings. The SMILES string of the molecule is COc1ccccc1Cc1nc2cc(C(=O)O)ccc2c(=O)[nH]1. The third-order valence-electron chi connectivity index (χ3n) is 3.55. The number of ether oxygens (including phenoxy) is 1. The highest BCUT2D eigenvalue weighted by Crippen LogP contribution is 2.20. The molecule has 0 saturated carbocycles. The Labute approximate surface area is 131 Å². The highest BCUT2D eigenvalue weighted by Gasteiger charge is 2.10. The van der Waals surface area contributed by atoms with Crippen molar-refractivity contribution in [1.82, 2.24) is 9.97 Å². The Balaban J connectivity index is 2.08. The number of rotatable bonds is 4. The first-order valence-electron chi connectivity index (χ1n) is 6.96. The number of fused-ring (bicyclic) bond motifs is 1. The lowest BCUT2D eigenvalue weighted by molar-refractivity contribution is 0.0697. The maximum Gasteiger partial charge on any atom is 0.335 e. The number of methoxy groups -OCH3 is 1. The molecule has 1 heterocycles. The molecule has 0 radical (unpaired) electrons. The maximum atomic E-state index is 12.2. The number of benzene rings is 2. The summed E-state index contributed by atoms with van der Waals surface area (Å²) in [7, 11) is 1.58. The van der Waals surface area contributed by atoms with Gasteiger partial charge in [0.15, 0.2) is 0 Å². The summed E-state index contributed by atoms with van der Waals surface area (Å²) in [6.07, 6.45) is 0.381. The average Bonchev–Trinajstić information content (AvgIpc) is 2.54. The van der Waals surface area contributed by atoms with E-state index in [4.69, 9.17) is 9.84 Å². The van der Waals surface area contributed by atoms with E-state index in [1.807, 2.05) is 24.3 Å². The van der Waals surface area contributed by atoms with E-state index in [1.54, 1.807) is 7.11 Å². The third kappa shape index (κ3) is 2.91. The molecule has 116 valence electrons. The molecule has 2 N–H and O–H groups in total. The molecule has 2 aromatic carbocycles. The summed E-state index contributed by atoms with van der Waals surface area (Å²) in [5.74, 6) is 0.101. The third-order valence-corrected chi connectivity index (χ3v) is 3.55. The number of para-hydroxylation sites is 1. The minimum absolute atomic E-state index is 0.0961. The van der Waals surface area contributed by atoms with Gasteiger partial charge in [0, 0.05) is 12.0 Å². The number of nitrogens with zero attached hydrogens (tertiary/aromatic N) is 1. The maximum absolute atomic E-state index is 12.2. The van der Waals surface area contributed by atoms with Crippen molar-refractivity contribution in [3.8, 4) is 5.75 Å². The zero-order chi connectivity index (χ0) is 16.4. The van der Waals surface area contributed by atoms with Gasteiger partial charge >= 0.3 is 5.97 Å². The van der Waals surface area contributed by atoms with E-state index < -0.39 is 5.97 Å². The van der Waals surface area contributed by atoms with Gasteiger partial charge in [0.2, 0.25) is 0 Å². The molecule has 0 saturated heterocycles. The van der Waals surface area contributed by atoms with Crippen molar-refractivity contribution in [2.75, 3.05) is 7.11 Å². The Morgan fingerprint density at radius 3 is 2.78 bits per heavy atom. The van der Waals surface area contributed by atoms with E-state index in [2.05, 4.69) is 9.97 Å². The van der Waals surface area contributed by atoms with Crippen LogP contribution in [0.25, 0.3) is 10.9 Å². The van der Waals surface area contributed by atoms with Crippen molar-refractivity contribution in [3.05, 3.63) is 69.8 Å². The molecule has 3 rings (SSSR count). The van der Waals surface area contributed by atoms with E-state index in [0.717, 1.165) is 5.56 Å². The number of carbonyl (C=O) groups is 1. The molecule has 0 bridgehead atoms. The number of aromatic amines is 1. The second kappa shape index (κ2) is 5.92. The first kappa shape index (κ1) is 14.8. The first-order chi connectivity index (χ1) is 11.1. The van der Waals surface area contributed by atoms with Crippen LogP contribution in [0.1, 0.15) is 21.7 Å². The molecule has 0 unspecified atom stereocenters. The molecule has 0 amide bonds. The Kier molecular flexibility index (Phi) is 3.80. The molecule has 1 aromatic heterocycles. The number of aromatic nitrogens is 2. The van der Waals surface area contributed by atoms with Crippen LogP contribution >= 0.6 is 0 Å². The first-order valence-corrected chi connectivity index (χ1v) is 6.96. The van der Waals surface area contributed by atoms with Gasteiger partial charge in [-0.05, 0) is 24.3 Å². The van der Waals surface area contributed by atoms with Crippen LogP contribution in [0.4, 0.5) is 0 Å². The van der Waals surface area contributed by atoms with Crippen LogP contribution in [0.5, 0.6) is 5.75 Å². The van der Waals surface area contributed by atoms with E-state index in [-0.39, 0.29) is 11.1 Å². The van der Waals surface area contributed by atoms with E-state index in [9.17, 15) is 9.59 Å². The van der Waals surface area contributed by atoms with Gasteiger partial charge in [-0.2, -0.15) is 0 Å². The molecule has 6 nitrogen and oxygen atoms in total. The van der Waals surface area contributed by atoms with Gasteiger partial charge in [-0.1, -0.05) is 18.2 Å². The van der Waals surface area contributed by atoms with E-state index in [0.29, 0.717) is 28.9 Å². The van der Waals surface area contributed by atoms with Crippen molar-refractivity contribution in [1.29, 1.82) is 0 Å². The van der Waals surface area contributed by atoms with Crippen molar-refractivity contribution in [2.45, 2.75) is 6.42 Å². The molecule has 0 atom stereocenters.